The van der Waals surface area contributed by atoms with Gasteiger partial charge in [0.15, 0.2) is 0 Å². The van der Waals surface area contributed by atoms with Crippen molar-refractivity contribution in [2.75, 3.05) is 12.8 Å². The van der Waals surface area contributed by atoms with Crippen molar-refractivity contribution < 1.29 is 4.79 Å². The molecule has 112 valence electrons. The SMILES string of the molecule is CC(C)c1ccc(CN(C)C(=O)c2c(N)cnn2C)cc1. The third-order valence-corrected chi connectivity index (χ3v) is 3.58. The van der Waals surface area contributed by atoms with Crippen molar-refractivity contribution in [1.29, 1.82) is 0 Å². The summed E-state index contributed by atoms with van der Waals surface area (Å²) in [4.78, 5) is 14.1. The molecule has 0 saturated heterocycles. The zero-order valence-electron chi connectivity index (χ0n) is 13.0. The Bertz CT molecular complexity index is 609. The first-order chi connectivity index (χ1) is 9.90. The topological polar surface area (TPSA) is 64.2 Å². The number of amides is 1. The Kier molecular flexibility index (Phi) is 4.31. The van der Waals surface area contributed by atoms with Crippen molar-refractivity contribution in [2.24, 2.45) is 7.05 Å². The highest BCUT2D eigenvalue weighted by molar-refractivity contribution is 5.97. The number of benzene rings is 1. The number of carbonyl (C=O) groups is 1. The fraction of sp³-hybridized carbons (Fsp3) is 0.375. The number of nitrogens with two attached hydrogens (primary N) is 1. The van der Waals surface area contributed by atoms with Crippen LogP contribution in [-0.2, 0) is 13.6 Å². The Labute approximate surface area is 125 Å². The van der Waals surface area contributed by atoms with E-state index in [2.05, 4.69) is 43.2 Å². The average molecular weight is 286 g/mol. The van der Waals surface area contributed by atoms with E-state index in [1.54, 1.807) is 19.0 Å². The largest absolute Gasteiger partial charge is 0.396 e. The lowest BCUT2D eigenvalue weighted by molar-refractivity contribution is 0.0775. The molecule has 0 aliphatic rings. The molecule has 0 unspecified atom stereocenters. The van der Waals surface area contributed by atoms with Crippen LogP contribution in [0.2, 0.25) is 0 Å². The molecule has 21 heavy (non-hydrogen) atoms. The lowest BCUT2D eigenvalue weighted by atomic mass is 10.0. The number of aryl methyl sites for hydroxylation is 1. The first-order valence-corrected chi connectivity index (χ1v) is 7.02. The molecule has 1 amide bonds. The molecule has 2 rings (SSSR count). The van der Waals surface area contributed by atoms with E-state index in [1.165, 1.54) is 16.4 Å². The van der Waals surface area contributed by atoms with E-state index in [-0.39, 0.29) is 5.91 Å². The van der Waals surface area contributed by atoms with Crippen molar-refractivity contribution in [1.82, 2.24) is 14.7 Å². The van der Waals surface area contributed by atoms with Crippen LogP contribution in [-0.4, -0.2) is 27.6 Å². The van der Waals surface area contributed by atoms with Crippen LogP contribution in [0.1, 0.15) is 41.4 Å². The van der Waals surface area contributed by atoms with Crippen LogP contribution < -0.4 is 5.73 Å². The highest BCUT2D eigenvalue weighted by atomic mass is 16.2. The summed E-state index contributed by atoms with van der Waals surface area (Å²) < 4.78 is 1.51. The smallest absolute Gasteiger partial charge is 0.274 e. The van der Waals surface area contributed by atoms with Gasteiger partial charge < -0.3 is 10.6 Å². The highest BCUT2D eigenvalue weighted by Gasteiger charge is 2.19. The molecule has 5 heteroatoms. The quantitative estimate of drug-likeness (QED) is 0.938. The first kappa shape index (κ1) is 15.1. The molecule has 0 saturated carbocycles. The summed E-state index contributed by atoms with van der Waals surface area (Å²) in [6.07, 6.45) is 1.50. The van der Waals surface area contributed by atoms with Gasteiger partial charge in [-0.15, -0.1) is 0 Å². The molecule has 0 fully saturated rings. The summed E-state index contributed by atoms with van der Waals surface area (Å²) >= 11 is 0. The first-order valence-electron chi connectivity index (χ1n) is 7.02. The maximum Gasteiger partial charge on any atom is 0.274 e. The molecular weight excluding hydrogens is 264 g/mol. The minimum absolute atomic E-state index is 0.125. The minimum Gasteiger partial charge on any atom is -0.396 e. The van der Waals surface area contributed by atoms with E-state index in [4.69, 9.17) is 5.73 Å². The van der Waals surface area contributed by atoms with E-state index in [1.807, 2.05) is 0 Å². The van der Waals surface area contributed by atoms with Crippen LogP contribution in [0.15, 0.2) is 30.5 Å². The summed E-state index contributed by atoms with van der Waals surface area (Å²) in [6.45, 7) is 4.87. The molecular formula is C16H22N4O. The highest BCUT2D eigenvalue weighted by Crippen LogP contribution is 2.17. The summed E-state index contributed by atoms with van der Waals surface area (Å²) in [5.74, 6) is 0.382. The maximum atomic E-state index is 12.4. The number of anilines is 1. The van der Waals surface area contributed by atoms with Gasteiger partial charge in [-0.25, -0.2) is 0 Å². The fourth-order valence-electron chi connectivity index (χ4n) is 2.25. The summed E-state index contributed by atoms with van der Waals surface area (Å²) in [6, 6.07) is 8.34. The zero-order chi connectivity index (χ0) is 15.6. The van der Waals surface area contributed by atoms with Crippen LogP contribution >= 0.6 is 0 Å². The van der Waals surface area contributed by atoms with Gasteiger partial charge in [-0.2, -0.15) is 5.10 Å². The average Bonchev–Trinajstić information content (AvgIpc) is 2.78. The number of nitrogen functional groups attached to an aromatic ring is 1. The van der Waals surface area contributed by atoms with Gasteiger partial charge >= 0.3 is 0 Å². The molecule has 0 spiro atoms. The Balaban J connectivity index is 2.11. The van der Waals surface area contributed by atoms with Crippen molar-refractivity contribution in [3.8, 4) is 0 Å². The van der Waals surface area contributed by atoms with Gasteiger partial charge in [0.1, 0.15) is 5.69 Å². The summed E-state index contributed by atoms with van der Waals surface area (Å²) in [5, 5.41) is 4.00. The van der Waals surface area contributed by atoms with Crippen molar-refractivity contribution >= 4 is 11.6 Å². The Morgan fingerprint density at radius 1 is 1.33 bits per heavy atom. The molecule has 5 nitrogen and oxygen atoms in total. The second kappa shape index (κ2) is 5.99. The summed E-state index contributed by atoms with van der Waals surface area (Å²) in [5.41, 5.74) is 9.02. The lowest BCUT2D eigenvalue weighted by Gasteiger charge is -2.18. The second-order valence-corrected chi connectivity index (χ2v) is 5.63. The summed E-state index contributed by atoms with van der Waals surface area (Å²) in [7, 11) is 3.49. The monoisotopic (exact) mass is 286 g/mol. The molecule has 0 bridgehead atoms. The maximum absolute atomic E-state index is 12.4. The normalized spacial score (nSPS) is 10.9. The van der Waals surface area contributed by atoms with Crippen LogP contribution in [0.3, 0.4) is 0 Å². The second-order valence-electron chi connectivity index (χ2n) is 5.63. The Hall–Kier alpha value is -2.30. The molecule has 0 aliphatic heterocycles. The van der Waals surface area contributed by atoms with Gasteiger partial charge in [0.25, 0.3) is 5.91 Å². The van der Waals surface area contributed by atoms with E-state index in [0.717, 1.165) is 5.56 Å². The fourth-order valence-corrected chi connectivity index (χ4v) is 2.25. The van der Waals surface area contributed by atoms with Crippen molar-refractivity contribution in [3.05, 3.63) is 47.3 Å². The van der Waals surface area contributed by atoms with Gasteiger partial charge in [0.05, 0.1) is 11.9 Å². The van der Waals surface area contributed by atoms with E-state index in [0.29, 0.717) is 23.8 Å². The van der Waals surface area contributed by atoms with Crippen molar-refractivity contribution in [3.63, 3.8) is 0 Å². The Morgan fingerprint density at radius 2 is 1.95 bits per heavy atom. The predicted octanol–water partition coefficient (Wildman–Crippen LogP) is 2.40. The molecule has 2 N–H and O–H groups in total. The van der Waals surface area contributed by atoms with E-state index in [9.17, 15) is 4.79 Å². The van der Waals surface area contributed by atoms with Crippen LogP contribution in [0.5, 0.6) is 0 Å². The molecule has 1 aromatic carbocycles. The lowest BCUT2D eigenvalue weighted by Crippen LogP contribution is -2.28. The molecule has 2 aromatic rings. The molecule has 0 aliphatic carbocycles. The van der Waals surface area contributed by atoms with E-state index < -0.39 is 0 Å². The standard InChI is InChI=1S/C16H22N4O/c1-11(2)13-7-5-12(6-8-13)10-19(3)16(21)15-14(17)9-18-20(15)4/h5-9,11H,10,17H2,1-4H3. The van der Waals surface area contributed by atoms with Crippen molar-refractivity contribution in [2.45, 2.75) is 26.3 Å². The van der Waals surface area contributed by atoms with Gasteiger partial charge in [-0.05, 0) is 17.0 Å². The molecule has 0 radical (unpaired) electrons. The number of carbonyl (C=O) groups excluding carboxylic acids is 1. The van der Waals surface area contributed by atoms with Crippen LogP contribution in [0.4, 0.5) is 5.69 Å². The van der Waals surface area contributed by atoms with Gasteiger partial charge in [0, 0.05) is 20.6 Å². The minimum atomic E-state index is -0.125. The molecule has 0 atom stereocenters. The Morgan fingerprint density at radius 3 is 2.43 bits per heavy atom. The third kappa shape index (κ3) is 3.24. The predicted molar refractivity (Wildman–Crippen MR) is 83.9 cm³/mol. The number of hydrogen-bond donors (Lipinski definition) is 1. The van der Waals surface area contributed by atoms with Gasteiger partial charge in [-0.3, -0.25) is 9.48 Å². The van der Waals surface area contributed by atoms with Crippen LogP contribution in [0.25, 0.3) is 0 Å². The van der Waals surface area contributed by atoms with E-state index >= 15 is 0 Å². The third-order valence-electron chi connectivity index (χ3n) is 3.58. The van der Waals surface area contributed by atoms with Crippen LogP contribution in [0, 0.1) is 0 Å². The number of hydrogen-bond acceptors (Lipinski definition) is 3. The number of aromatic nitrogens is 2. The van der Waals surface area contributed by atoms with Gasteiger partial charge in [-0.1, -0.05) is 38.1 Å². The molecule has 1 aromatic heterocycles. The molecule has 1 heterocycles. The zero-order valence-corrected chi connectivity index (χ0v) is 13.0. The van der Waals surface area contributed by atoms with Gasteiger partial charge in [0.2, 0.25) is 0 Å². The number of nitrogens with zero attached hydrogens (tertiary/aromatic N) is 3. The number of rotatable bonds is 4.